The number of rotatable bonds is 4. The Labute approximate surface area is 99.2 Å². The normalized spacial score (nSPS) is 12.9. The molecule has 0 aromatic carbocycles. The highest BCUT2D eigenvalue weighted by Crippen LogP contribution is 2.14. The van der Waals surface area contributed by atoms with E-state index in [9.17, 15) is 0 Å². The van der Waals surface area contributed by atoms with Crippen molar-refractivity contribution in [3.63, 3.8) is 0 Å². The molecule has 16 heavy (non-hydrogen) atoms. The number of aromatic nitrogens is 2. The molecule has 0 saturated heterocycles. The zero-order valence-corrected chi connectivity index (χ0v) is 10.0. The summed E-state index contributed by atoms with van der Waals surface area (Å²) in [4.78, 5) is 4.21. The topological polar surface area (TPSA) is 43.0 Å². The monoisotopic (exact) mass is 239 g/mol. The molecule has 0 aliphatic carbocycles. The van der Waals surface area contributed by atoms with E-state index >= 15 is 0 Å². The van der Waals surface area contributed by atoms with Crippen LogP contribution in [0.3, 0.4) is 0 Å². The van der Waals surface area contributed by atoms with Crippen LogP contribution in [0, 0.1) is 0 Å². The summed E-state index contributed by atoms with van der Waals surface area (Å²) in [5, 5.41) is 3.96. The first-order chi connectivity index (χ1) is 7.68. The summed E-state index contributed by atoms with van der Waals surface area (Å²) in [6.45, 7) is 2.70. The van der Waals surface area contributed by atoms with Gasteiger partial charge in [-0.15, -0.1) is 0 Å². The molecule has 0 unspecified atom stereocenters. The summed E-state index contributed by atoms with van der Waals surface area (Å²) in [6, 6.07) is 3.99. The lowest BCUT2D eigenvalue weighted by molar-refractivity contribution is 0.425. The molecule has 86 valence electrons. The molecule has 2 heterocycles. The van der Waals surface area contributed by atoms with Crippen molar-refractivity contribution >= 4 is 11.6 Å². The number of imidazole rings is 1. The number of nitrogens with one attached hydrogen (secondary N) is 1. The van der Waals surface area contributed by atoms with Gasteiger partial charge in [0.1, 0.15) is 16.7 Å². The predicted octanol–water partition coefficient (Wildman–Crippen LogP) is 2.52. The SMILES string of the molecule is C[C@H](NCc1ncc(Cl)n1C)c1ccco1. The van der Waals surface area contributed by atoms with Crippen LogP contribution in [-0.2, 0) is 13.6 Å². The second-order valence-corrected chi connectivity index (χ2v) is 4.06. The van der Waals surface area contributed by atoms with Gasteiger partial charge in [0.05, 0.1) is 25.0 Å². The molecule has 1 N–H and O–H groups in total. The Kier molecular flexibility index (Phi) is 3.31. The fraction of sp³-hybridized carbons (Fsp3) is 0.364. The van der Waals surface area contributed by atoms with Gasteiger partial charge in [0, 0.05) is 7.05 Å². The Morgan fingerprint density at radius 3 is 3.00 bits per heavy atom. The molecule has 2 aromatic heterocycles. The third-order valence-corrected chi connectivity index (χ3v) is 2.92. The third-order valence-electron chi connectivity index (χ3n) is 2.56. The smallest absolute Gasteiger partial charge is 0.128 e. The van der Waals surface area contributed by atoms with Gasteiger partial charge in [-0.25, -0.2) is 4.98 Å². The summed E-state index contributed by atoms with van der Waals surface area (Å²) in [6.07, 6.45) is 3.32. The maximum atomic E-state index is 5.90. The van der Waals surface area contributed by atoms with E-state index in [1.807, 2.05) is 30.7 Å². The second kappa shape index (κ2) is 4.72. The van der Waals surface area contributed by atoms with Crippen LogP contribution in [0.1, 0.15) is 24.6 Å². The Morgan fingerprint density at radius 2 is 2.44 bits per heavy atom. The molecule has 2 rings (SSSR count). The summed E-state index contributed by atoms with van der Waals surface area (Å²) in [5.74, 6) is 1.82. The van der Waals surface area contributed by atoms with Gasteiger partial charge in [0.25, 0.3) is 0 Å². The van der Waals surface area contributed by atoms with Gasteiger partial charge in [-0.3, -0.25) is 0 Å². The number of furan rings is 1. The van der Waals surface area contributed by atoms with E-state index in [0.717, 1.165) is 11.6 Å². The van der Waals surface area contributed by atoms with Crippen molar-refractivity contribution in [1.29, 1.82) is 0 Å². The standard InChI is InChI=1S/C11H14ClN3O/c1-8(9-4-3-5-16-9)13-7-11-14-6-10(12)15(11)2/h3-6,8,13H,7H2,1-2H3/t8-/m0/s1. The van der Waals surface area contributed by atoms with E-state index in [-0.39, 0.29) is 6.04 Å². The molecule has 5 heteroatoms. The first-order valence-electron chi connectivity index (χ1n) is 5.11. The minimum absolute atomic E-state index is 0.158. The largest absolute Gasteiger partial charge is 0.468 e. The maximum absolute atomic E-state index is 5.90. The Balaban J connectivity index is 1.95. The van der Waals surface area contributed by atoms with E-state index in [0.29, 0.717) is 11.7 Å². The van der Waals surface area contributed by atoms with E-state index < -0.39 is 0 Å². The maximum Gasteiger partial charge on any atom is 0.128 e. The number of hydrogen-bond acceptors (Lipinski definition) is 3. The van der Waals surface area contributed by atoms with Gasteiger partial charge in [-0.05, 0) is 19.1 Å². The van der Waals surface area contributed by atoms with Crippen molar-refractivity contribution in [1.82, 2.24) is 14.9 Å². The van der Waals surface area contributed by atoms with Crippen molar-refractivity contribution in [2.45, 2.75) is 19.5 Å². The quantitative estimate of drug-likeness (QED) is 0.892. The molecule has 0 fully saturated rings. The molecule has 0 spiro atoms. The molecular formula is C11H14ClN3O. The number of halogens is 1. The predicted molar refractivity (Wildman–Crippen MR) is 62.2 cm³/mol. The van der Waals surface area contributed by atoms with Crippen LogP contribution in [-0.4, -0.2) is 9.55 Å². The summed E-state index contributed by atoms with van der Waals surface area (Å²) >= 11 is 5.90. The van der Waals surface area contributed by atoms with Gasteiger partial charge < -0.3 is 14.3 Å². The molecule has 0 bridgehead atoms. The zero-order valence-electron chi connectivity index (χ0n) is 9.27. The fourth-order valence-corrected chi connectivity index (χ4v) is 1.62. The van der Waals surface area contributed by atoms with Crippen LogP contribution in [0.2, 0.25) is 5.15 Å². The van der Waals surface area contributed by atoms with E-state index in [4.69, 9.17) is 16.0 Å². The van der Waals surface area contributed by atoms with Crippen molar-refractivity contribution in [3.05, 3.63) is 41.3 Å². The van der Waals surface area contributed by atoms with Crippen molar-refractivity contribution < 1.29 is 4.42 Å². The first-order valence-corrected chi connectivity index (χ1v) is 5.49. The summed E-state index contributed by atoms with van der Waals surface area (Å²) < 4.78 is 7.15. The first kappa shape index (κ1) is 11.2. The van der Waals surface area contributed by atoms with E-state index in [2.05, 4.69) is 10.3 Å². The highest BCUT2D eigenvalue weighted by atomic mass is 35.5. The van der Waals surface area contributed by atoms with Crippen molar-refractivity contribution in [2.24, 2.45) is 7.05 Å². The van der Waals surface area contributed by atoms with Crippen LogP contribution < -0.4 is 5.32 Å². The van der Waals surface area contributed by atoms with Gasteiger partial charge in [-0.1, -0.05) is 11.6 Å². The summed E-state index contributed by atoms with van der Waals surface area (Å²) in [7, 11) is 1.89. The molecule has 0 amide bonds. The van der Waals surface area contributed by atoms with E-state index in [1.54, 1.807) is 12.5 Å². The van der Waals surface area contributed by atoms with E-state index in [1.165, 1.54) is 0 Å². The highest BCUT2D eigenvalue weighted by molar-refractivity contribution is 6.29. The van der Waals surface area contributed by atoms with Crippen LogP contribution in [0.15, 0.2) is 29.0 Å². The van der Waals surface area contributed by atoms with Gasteiger partial charge >= 0.3 is 0 Å². The van der Waals surface area contributed by atoms with Crippen LogP contribution in [0.5, 0.6) is 0 Å². The average Bonchev–Trinajstić information content (AvgIpc) is 2.89. The lowest BCUT2D eigenvalue weighted by Crippen LogP contribution is -2.19. The molecule has 0 saturated carbocycles. The zero-order chi connectivity index (χ0) is 11.5. The van der Waals surface area contributed by atoms with Gasteiger partial charge in [-0.2, -0.15) is 0 Å². The number of nitrogens with zero attached hydrogens (tertiary/aromatic N) is 2. The van der Waals surface area contributed by atoms with Gasteiger partial charge in [0.2, 0.25) is 0 Å². The second-order valence-electron chi connectivity index (χ2n) is 3.67. The van der Waals surface area contributed by atoms with Crippen LogP contribution in [0.4, 0.5) is 0 Å². The molecule has 0 aliphatic heterocycles. The molecular weight excluding hydrogens is 226 g/mol. The van der Waals surface area contributed by atoms with Gasteiger partial charge in [0.15, 0.2) is 0 Å². The minimum Gasteiger partial charge on any atom is -0.468 e. The molecule has 0 radical (unpaired) electrons. The summed E-state index contributed by atoms with van der Waals surface area (Å²) in [5.41, 5.74) is 0. The fourth-order valence-electron chi connectivity index (χ4n) is 1.47. The highest BCUT2D eigenvalue weighted by Gasteiger charge is 2.09. The number of hydrogen-bond donors (Lipinski definition) is 1. The Bertz CT molecular complexity index is 450. The average molecular weight is 240 g/mol. The minimum atomic E-state index is 0.158. The third kappa shape index (κ3) is 2.28. The molecule has 0 aliphatic rings. The lowest BCUT2D eigenvalue weighted by atomic mass is 10.2. The van der Waals surface area contributed by atoms with Crippen LogP contribution in [0.25, 0.3) is 0 Å². The Hall–Kier alpha value is -1.26. The molecule has 4 nitrogen and oxygen atoms in total. The van der Waals surface area contributed by atoms with Crippen LogP contribution >= 0.6 is 11.6 Å². The molecule has 2 aromatic rings. The van der Waals surface area contributed by atoms with Crippen molar-refractivity contribution in [2.75, 3.05) is 0 Å². The molecule has 1 atom stereocenters. The Morgan fingerprint density at radius 1 is 1.62 bits per heavy atom. The lowest BCUT2D eigenvalue weighted by Gasteiger charge is -2.10. The van der Waals surface area contributed by atoms with Crippen molar-refractivity contribution in [3.8, 4) is 0 Å².